The zero-order valence-electron chi connectivity index (χ0n) is 8.43. The molecular weight excluding hydrogens is 214 g/mol. The molecule has 0 aromatic carbocycles. The smallest absolute Gasteiger partial charge is 0.255 e. The Morgan fingerprint density at radius 1 is 1.67 bits per heavy atom. The van der Waals surface area contributed by atoms with Gasteiger partial charge in [0.15, 0.2) is 5.82 Å². The maximum absolute atomic E-state index is 9.59. The lowest BCUT2D eigenvalue weighted by Crippen LogP contribution is -2.07. The fourth-order valence-corrected chi connectivity index (χ4v) is 2.77. The Balaban J connectivity index is 2.02. The Morgan fingerprint density at radius 3 is 3.20 bits per heavy atom. The number of aliphatic hydroxyl groups excluding tert-OH is 1. The second kappa shape index (κ2) is 4.96. The van der Waals surface area contributed by atoms with Gasteiger partial charge in [-0.2, -0.15) is 16.7 Å². The first-order valence-electron chi connectivity index (χ1n) is 5.14. The molecule has 0 spiro atoms. The highest BCUT2D eigenvalue weighted by Gasteiger charge is 2.24. The van der Waals surface area contributed by atoms with Crippen molar-refractivity contribution in [2.75, 3.05) is 12.3 Å². The number of nitrogens with zero attached hydrogens (tertiary/aromatic N) is 2. The Labute approximate surface area is 92.4 Å². The van der Waals surface area contributed by atoms with E-state index in [1.165, 1.54) is 6.42 Å². The molecule has 0 amide bonds. The van der Waals surface area contributed by atoms with E-state index in [9.17, 15) is 5.11 Å². The summed E-state index contributed by atoms with van der Waals surface area (Å²) >= 11 is 1.84. The van der Waals surface area contributed by atoms with Gasteiger partial charge in [0.05, 0.1) is 5.25 Å². The summed E-state index contributed by atoms with van der Waals surface area (Å²) in [5, 5.41) is 13.8. The first kappa shape index (κ1) is 10.9. The molecule has 0 radical (unpaired) electrons. The van der Waals surface area contributed by atoms with Crippen molar-refractivity contribution in [3.8, 4) is 0 Å². The molecule has 2 heterocycles. The molecule has 1 unspecified atom stereocenters. The number of hydrogen-bond acceptors (Lipinski definition) is 6. The monoisotopic (exact) mass is 229 g/mol. The zero-order chi connectivity index (χ0) is 10.7. The maximum Gasteiger partial charge on any atom is 0.255 e. The Kier molecular flexibility index (Phi) is 3.61. The summed E-state index contributed by atoms with van der Waals surface area (Å²) in [6, 6.07) is 0. The molecule has 1 saturated heterocycles. The van der Waals surface area contributed by atoms with Gasteiger partial charge in [0.25, 0.3) is 5.89 Å². The Hall–Kier alpha value is -0.590. The first-order valence-corrected chi connectivity index (χ1v) is 6.19. The molecule has 5 nitrogen and oxygen atoms in total. The van der Waals surface area contributed by atoms with Crippen LogP contribution in [-0.4, -0.2) is 27.5 Å². The van der Waals surface area contributed by atoms with Crippen molar-refractivity contribution in [2.24, 2.45) is 5.73 Å². The highest BCUT2D eigenvalue weighted by Crippen LogP contribution is 2.38. The summed E-state index contributed by atoms with van der Waals surface area (Å²) in [5.41, 5.74) is 5.34. The van der Waals surface area contributed by atoms with E-state index in [0.29, 0.717) is 29.9 Å². The van der Waals surface area contributed by atoms with Crippen LogP contribution in [0.2, 0.25) is 0 Å². The highest BCUT2D eigenvalue weighted by molar-refractivity contribution is 7.99. The molecule has 0 saturated carbocycles. The molecule has 2 atom stereocenters. The first-order chi connectivity index (χ1) is 7.31. The molecule has 1 aliphatic rings. The molecule has 1 fully saturated rings. The van der Waals surface area contributed by atoms with Crippen LogP contribution in [0, 0.1) is 0 Å². The molecule has 0 bridgehead atoms. The van der Waals surface area contributed by atoms with Crippen LogP contribution in [0.5, 0.6) is 0 Å². The molecular formula is C9H15N3O2S. The predicted octanol–water partition coefficient (Wildman–Crippen LogP) is 1.02. The van der Waals surface area contributed by atoms with Gasteiger partial charge < -0.3 is 15.4 Å². The van der Waals surface area contributed by atoms with Crippen molar-refractivity contribution < 1.29 is 9.63 Å². The van der Waals surface area contributed by atoms with Crippen LogP contribution in [0.25, 0.3) is 0 Å². The number of hydrogen-bond donors (Lipinski definition) is 2. The van der Waals surface area contributed by atoms with Gasteiger partial charge in [0.1, 0.15) is 6.10 Å². The van der Waals surface area contributed by atoms with Gasteiger partial charge in [-0.25, -0.2) is 0 Å². The van der Waals surface area contributed by atoms with Crippen molar-refractivity contribution in [1.82, 2.24) is 10.1 Å². The van der Waals surface area contributed by atoms with E-state index in [4.69, 9.17) is 10.3 Å². The third-order valence-corrected chi connectivity index (χ3v) is 3.77. The molecule has 1 aliphatic heterocycles. The summed E-state index contributed by atoms with van der Waals surface area (Å²) in [5.74, 6) is 2.16. The molecule has 1 aromatic heterocycles. The topological polar surface area (TPSA) is 85.2 Å². The van der Waals surface area contributed by atoms with Crippen LogP contribution in [0.3, 0.4) is 0 Å². The summed E-state index contributed by atoms with van der Waals surface area (Å²) in [6.07, 6.45) is 2.03. The number of nitrogens with two attached hydrogens (primary N) is 1. The van der Waals surface area contributed by atoms with Crippen LogP contribution in [0.4, 0.5) is 0 Å². The molecule has 6 heteroatoms. The normalized spacial score (nSPS) is 23.2. The zero-order valence-corrected chi connectivity index (χ0v) is 9.24. The SMILES string of the molecule is NCC[C@H](O)c1nc(C2CCCS2)no1. The summed E-state index contributed by atoms with van der Waals surface area (Å²) in [7, 11) is 0. The molecule has 1 aromatic rings. The van der Waals surface area contributed by atoms with Gasteiger partial charge in [0.2, 0.25) is 0 Å². The van der Waals surface area contributed by atoms with Crippen molar-refractivity contribution in [3.63, 3.8) is 0 Å². The fraction of sp³-hybridized carbons (Fsp3) is 0.778. The van der Waals surface area contributed by atoms with Crippen molar-refractivity contribution in [1.29, 1.82) is 0 Å². The third kappa shape index (κ3) is 2.50. The van der Waals surface area contributed by atoms with E-state index < -0.39 is 6.10 Å². The minimum atomic E-state index is -0.720. The van der Waals surface area contributed by atoms with Gasteiger partial charge in [-0.05, 0) is 31.6 Å². The quantitative estimate of drug-likeness (QED) is 0.801. The lowest BCUT2D eigenvalue weighted by atomic mass is 10.2. The molecule has 0 aliphatic carbocycles. The average Bonchev–Trinajstić information content (AvgIpc) is 2.89. The summed E-state index contributed by atoms with van der Waals surface area (Å²) < 4.78 is 5.01. The van der Waals surface area contributed by atoms with Gasteiger partial charge in [-0.3, -0.25) is 0 Å². The molecule has 3 N–H and O–H groups in total. The Bertz CT molecular complexity index is 312. The van der Waals surface area contributed by atoms with E-state index in [-0.39, 0.29) is 0 Å². The van der Waals surface area contributed by atoms with Crippen molar-refractivity contribution in [3.05, 3.63) is 11.7 Å². The molecule has 2 rings (SSSR count). The van der Waals surface area contributed by atoms with Crippen LogP contribution in [0.1, 0.15) is 42.3 Å². The fourth-order valence-electron chi connectivity index (χ4n) is 1.58. The van der Waals surface area contributed by atoms with Crippen LogP contribution >= 0.6 is 11.8 Å². The van der Waals surface area contributed by atoms with E-state index in [0.717, 1.165) is 12.2 Å². The van der Waals surface area contributed by atoms with Crippen LogP contribution in [-0.2, 0) is 0 Å². The minimum Gasteiger partial charge on any atom is -0.383 e. The van der Waals surface area contributed by atoms with Gasteiger partial charge in [-0.1, -0.05) is 5.16 Å². The second-order valence-corrected chi connectivity index (χ2v) is 4.90. The second-order valence-electron chi connectivity index (χ2n) is 3.59. The van der Waals surface area contributed by atoms with Crippen LogP contribution < -0.4 is 5.73 Å². The molecule has 15 heavy (non-hydrogen) atoms. The maximum atomic E-state index is 9.59. The number of aliphatic hydroxyl groups is 1. The lowest BCUT2D eigenvalue weighted by Gasteiger charge is -2.02. The lowest BCUT2D eigenvalue weighted by molar-refractivity contribution is 0.127. The van der Waals surface area contributed by atoms with E-state index in [1.54, 1.807) is 0 Å². The van der Waals surface area contributed by atoms with Gasteiger partial charge >= 0.3 is 0 Å². The van der Waals surface area contributed by atoms with E-state index in [1.807, 2.05) is 11.8 Å². The summed E-state index contributed by atoms with van der Waals surface area (Å²) in [4.78, 5) is 4.21. The van der Waals surface area contributed by atoms with Crippen molar-refractivity contribution >= 4 is 11.8 Å². The largest absolute Gasteiger partial charge is 0.383 e. The van der Waals surface area contributed by atoms with Gasteiger partial charge in [-0.15, -0.1) is 0 Å². The third-order valence-electron chi connectivity index (χ3n) is 2.40. The van der Waals surface area contributed by atoms with E-state index in [2.05, 4.69) is 10.1 Å². The highest BCUT2D eigenvalue weighted by atomic mass is 32.2. The summed E-state index contributed by atoms with van der Waals surface area (Å²) in [6.45, 7) is 0.414. The number of thioether (sulfide) groups is 1. The minimum absolute atomic E-state index is 0.294. The standard InChI is InChI=1S/C9H15N3O2S/c10-4-3-6(13)9-11-8(12-14-9)7-2-1-5-15-7/h6-7,13H,1-5,10H2/t6-,7?/m0/s1. The average molecular weight is 229 g/mol. The molecule has 84 valence electrons. The number of aromatic nitrogens is 2. The number of rotatable bonds is 4. The van der Waals surface area contributed by atoms with Crippen LogP contribution in [0.15, 0.2) is 4.52 Å². The Morgan fingerprint density at radius 2 is 2.53 bits per heavy atom. The van der Waals surface area contributed by atoms with E-state index >= 15 is 0 Å². The predicted molar refractivity (Wildman–Crippen MR) is 57.4 cm³/mol. The van der Waals surface area contributed by atoms with Crippen molar-refractivity contribution in [2.45, 2.75) is 30.6 Å². The van der Waals surface area contributed by atoms with Gasteiger partial charge in [0, 0.05) is 0 Å².